The van der Waals surface area contributed by atoms with Crippen LogP contribution < -0.4 is 21.3 Å². The van der Waals surface area contributed by atoms with Crippen LogP contribution in [0, 0.1) is 41.9 Å². The van der Waals surface area contributed by atoms with Crippen molar-refractivity contribution in [3.63, 3.8) is 0 Å². The van der Waals surface area contributed by atoms with Crippen LogP contribution in [0.2, 0.25) is 0 Å². The van der Waals surface area contributed by atoms with Crippen LogP contribution in [0.5, 0.6) is 0 Å². The Kier molecular flexibility index (Phi) is 12.3. The second kappa shape index (κ2) is 15.7. The first-order valence-electron chi connectivity index (χ1n) is 17.8. The van der Waals surface area contributed by atoms with Gasteiger partial charge in [-0.2, -0.15) is 5.06 Å². The highest BCUT2D eigenvalue weighted by Gasteiger charge is 2.57. The summed E-state index contributed by atoms with van der Waals surface area (Å²) < 4.78 is 0. The minimum atomic E-state index is -0.773. The summed E-state index contributed by atoms with van der Waals surface area (Å²) >= 11 is 0. The summed E-state index contributed by atoms with van der Waals surface area (Å²) in [6, 6.07) is 11.4. The third-order valence-electron chi connectivity index (χ3n) is 11.4. The molecule has 0 spiro atoms. The molecule has 2 bridgehead atoms. The smallest absolute Gasteiger partial charge is 0.251 e. The van der Waals surface area contributed by atoms with Crippen LogP contribution in [0.25, 0.3) is 11.1 Å². The van der Waals surface area contributed by atoms with E-state index >= 15 is 0 Å². The second-order valence-corrected chi connectivity index (χ2v) is 15.5. The minimum Gasteiger partial charge on any atom is -0.393 e. The zero-order chi connectivity index (χ0) is 36.4. The number of rotatable bonds is 10. The molecule has 1 saturated heterocycles. The zero-order valence-electron chi connectivity index (χ0n) is 31.1. The van der Waals surface area contributed by atoms with Gasteiger partial charge in [-0.3, -0.25) is 14.4 Å². The van der Waals surface area contributed by atoms with Crippen LogP contribution in [0.3, 0.4) is 0 Å². The highest BCUT2D eigenvalue weighted by atomic mass is 16.7. The summed E-state index contributed by atoms with van der Waals surface area (Å²) in [7, 11) is 5.54. The van der Waals surface area contributed by atoms with Gasteiger partial charge in [0.15, 0.2) is 0 Å². The van der Waals surface area contributed by atoms with E-state index in [1.54, 1.807) is 19.0 Å². The third kappa shape index (κ3) is 8.03. The Morgan fingerprint density at radius 2 is 1.84 bits per heavy atom. The first-order valence-corrected chi connectivity index (χ1v) is 17.8. The van der Waals surface area contributed by atoms with Gasteiger partial charge < -0.3 is 31.2 Å². The zero-order valence-corrected chi connectivity index (χ0v) is 31.1. The lowest BCUT2D eigenvalue weighted by Crippen LogP contribution is -2.62. The Morgan fingerprint density at radius 3 is 2.37 bits per heavy atom. The molecule has 1 heterocycles. The largest absolute Gasteiger partial charge is 0.393 e. The van der Waals surface area contributed by atoms with Gasteiger partial charge in [0.05, 0.1) is 18.8 Å². The van der Waals surface area contributed by atoms with Crippen molar-refractivity contribution in [2.75, 3.05) is 32.6 Å². The lowest BCUT2D eigenvalue weighted by molar-refractivity contribution is -0.175. The van der Waals surface area contributed by atoms with E-state index in [0.717, 1.165) is 40.6 Å². The van der Waals surface area contributed by atoms with Gasteiger partial charge in [-0.1, -0.05) is 52.8 Å². The molecule has 0 unspecified atom stereocenters. The molecule has 4 fully saturated rings. The number of anilines is 1. The van der Waals surface area contributed by atoms with Crippen molar-refractivity contribution in [3.05, 3.63) is 53.1 Å². The molecule has 0 aromatic heterocycles. The van der Waals surface area contributed by atoms with E-state index in [4.69, 9.17) is 10.6 Å². The van der Waals surface area contributed by atoms with Crippen molar-refractivity contribution in [2.45, 2.75) is 92.1 Å². The van der Waals surface area contributed by atoms with E-state index in [9.17, 15) is 19.5 Å². The topological polar surface area (TPSA) is 137 Å². The molecule has 6 rings (SSSR count). The fraction of sp³-hybridized carbons (Fsp3) is 0.615. The van der Waals surface area contributed by atoms with Crippen LogP contribution in [0.1, 0.15) is 75.9 Å². The summed E-state index contributed by atoms with van der Waals surface area (Å²) in [5.41, 5.74) is 11.9. The van der Waals surface area contributed by atoms with Gasteiger partial charge in [0.2, 0.25) is 5.91 Å². The number of benzene rings is 2. The number of hydroxylamine groups is 2. The molecule has 270 valence electrons. The number of aliphatic hydroxyl groups excluding tert-OH is 1. The SMILES string of the molecule is CC(C)C=O.CNC(=O)c1cc(-c2cccc(CN3O[C@@H](CN)[C@@H]([C@H](C)O)[C@H]3C(=O)N[C@H]3C[C@H]4C[C@@H]([C@@H]3C)C4(C)C)c2C)cc(N(C)C)c1. The Hall–Kier alpha value is -3.31. The summed E-state index contributed by atoms with van der Waals surface area (Å²) in [5.74, 6) is 1.11. The molecule has 49 heavy (non-hydrogen) atoms. The van der Waals surface area contributed by atoms with Crippen molar-refractivity contribution in [3.8, 4) is 11.1 Å². The number of nitrogens with zero attached hydrogens (tertiary/aromatic N) is 2. The molecule has 10 heteroatoms. The number of aldehydes is 1. The molecular formula is C39H59N5O5. The molecule has 2 aromatic rings. The third-order valence-corrected chi connectivity index (χ3v) is 11.4. The first-order chi connectivity index (χ1) is 23.0. The van der Waals surface area contributed by atoms with E-state index in [1.807, 2.05) is 57.1 Å². The Labute approximate surface area is 293 Å². The van der Waals surface area contributed by atoms with Gasteiger partial charge in [-0.15, -0.1) is 0 Å². The van der Waals surface area contributed by atoms with E-state index in [0.29, 0.717) is 35.3 Å². The van der Waals surface area contributed by atoms with Gasteiger partial charge in [0, 0.05) is 56.8 Å². The summed E-state index contributed by atoms with van der Waals surface area (Å²) in [6.45, 7) is 15.0. The monoisotopic (exact) mass is 677 g/mol. The number of hydrogen-bond donors (Lipinski definition) is 4. The van der Waals surface area contributed by atoms with Gasteiger partial charge >= 0.3 is 0 Å². The van der Waals surface area contributed by atoms with Crippen molar-refractivity contribution >= 4 is 23.8 Å². The molecule has 4 aliphatic rings. The average Bonchev–Trinajstić information content (AvgIpc) is 3.44. The molecule has 3 aliphatic carbocycles. The fourth-order valence-corrected chi connectivity index (χ4v) is 8.17. The number of amides is 2. The Morgan fingerprint density at radius 1 is 1.16 bits per heavy atom. The van der Waals surface area contributed by atoms with Crippen molar-refractivity contribution < 1.29 is 24.3 Å². The van der Waals surface area contributed by atoms with Gasteiger partial charge in [0.1, 0.15) is 12.3 Å². The average molecular weight is 678 g/mol. The molecule has 2 amide bonds. The van der Waals surface area contributed by atoms with Crippen molar-refractivity contribution in [2.24, 2.45) is 40.7 Å². The maximum absolute atomic E-state index is 14.1. The maximum atomic E-state index is 14.1. The number of hydrogen-bond acceptors (Lipinski definition) is 8. The normalized spacial score (nSPS) is 27.7. The van der Waals surface area contributed by atoms with Gasteiger partial charge in [0.25, 0.3) is 5.91 Å². The first kappa shape index (κ1) is 38.5. The van der Waals surface area contributed by atoms with E-state index in [2.05, 4.69) is 50.5 Å². The van der Waals surface area contributed by atoms with Crippen LogP contribution in [0.15, 0.2) is 36.4 Å². The lowest BCUT2D eigenvalue weighted by atomic mass is 9.45. The van der Waals surface area contributed by atoms with E-state index in [-0.39, 0.29) is 30.3 Å². The van der Waals surface area contributed by atoms with Crippen molar-refractivity contribution in [1.29, 1.82) is 0 Å². The molecule has 3 saturated carbocycles. The quantitative estimate of drug-likeness (QED) is 0.269. The van der Waals surface area contributed by atoms with Crippen LogP contribution in [-0.2, 0) is 21.0 Å². The van der Waals surface area contributed by atoms with Crippen LogP contribution >= 0.6 is 0 Å². The Balaban J connectivity index is 0.00000101. The minimum absolute atomic E-state index is 0.106. The molecule has 0 radical (unpaired) electrons. The van der Waals surface area contributed by atoms with E-state index < -0.39 is 24.2 Å². The Bertz CT molecular complexity index is 1490. The molecule has 10 nitrogen and oxygen atoms in total. The lowest BCUT2D eigenvalue weighted by Gasteiger charge is -2.62. The number of fused-ring (bicyclic) bond motifs is 2. The molecule has 5 N–H and O–H groups in total. The molecule has 1 aliphatic heterocycles. The summed E-state index contributed by atoms with van der Waals surface area (Å²) in [5, 5.41) is 18.7. The van der Waals surface area contributed by atoms with Gasteiger partial charge in [-0.05, 0) is 90.3 Å². The summed E-state index contributed by atoms with van der Waals surface area (Å²) in [4.78, 5) is 44.5. The fourth-order valence-electron chi connectivity index (χ4n) is 8.17. The highest BCUT2D eigenvalue weighted by molar-refractivity contribution is 5.96. The maximum Gasteiger partial charge on any atom is 0.251 e. The molecular weight excluding hydrogens is 618 g/mol. The standard InChI is InChI=1S/C35H51N5O4.C4H8O/c1-19-22(10-9-11-27(19)23-12-24(33(42)37-6)14-26(13-23)39(7)8)18-40-32(31(21(3)41)30(17-36)44-40)34(43)38-29-16-25-15-28(20(29)2)35(25,4)5;1-4(2)3-5/h9-14,20-21,25,28-32,41H,15-18,36H2,1-8H3,(H,37,42)(H,38,43);3-4H,1-2H3/t20-,21-,25+,28-,29-,30-,31+,32-;/m0./s1. The number of carbonyl (C=O) groups excluding carboxylic acids is 3. The number of nitrogens with one attached hydrogen (secondary N) is 2. The number of aliphatic hydroxyl groups is 1. The summed E-state index contributed by atoms with van der Waals surface area (Å²) in [6.07, 6.45) is 1.89. The van der Waals surface area contributed by atoms with Crippen LogP contribution in [-0.4, -0.2) is 80.2 Å². The number of nitrogens with two attached hydrogens (primary N) is 1. The molecule has 2 aromatic carbocycles. The molecule has 8 atom stereocenters. The van der Waals surface area contributed by atoms with Crippen LogP contribution in [0.4, 0.5) is 5.69 Å². The predicted octanol–water partition coefficient (Wildman–Crippen LogP) is 4.56. The van der Waals surface area contributed by atoms with Crippen molar-refractivity contribution in [1.82, 2.24) is 15.7 Å². The van der Waals surface area contributed by atoms with E-state index in [1.165, 1.54) is 6.42 Å². The highest BCUT2D eigenvalue weighted by Crippen LogP contribution is 2.61. The number of carbonyl (C=O) groups is 3. The predicted molar refractivity (Wildman–Crippen MR) is 195 cm³/mol. The second-order valence-electron chi connectivity index (χ2n) is 15.5. The van der Waals surface area contributed by atoms with Gasteiger partial charge in [-0.25, -0.2) is 0 Å².